The fraction of sp³-hybridized carbons (Fsp3) is 0.744. The number of ether oxygens (including phenoxy) is 6. The molecule has 2 heterocycles. The molecule has 0 spiro atoms. The molecular formula is C43H70N4O15. The Morgan fingerprint density at radius 1 is 0.855 bits per heavy atom. The lowest BCUT2D eigenvalue weighted by molar-refractivity contribution is -0.277. The molecule has 0 unspecified atom stereocenters. The van der Waals surface area contributed by atoms with E-state index >= 15 is 0 Å². The van der Waals surface area contributed by atoms with Crippen molar-refractivity contribution in [3.05, 3.63) is 29.3 Å². The number of methoxy groups -OCH3 is 1. The molecule has 352 valence electrons. The molecule has 62 heavy (non-hydrogen) atoms. The van der Waals surface area contributed by atoms with Crippen molar-refractivity contribution in [3.63, 3.8) is 0 Å². The van der Waals surface area contributed by atoms with E-state index in [1.165, 1.54) is 6.07 Å². The molecule has 0 radical (unpaired) electrons. The summed E-state index contributed by atoms with van der Waals surface area (Å²) in [4.78, 5) is 64.9. The fourth-order valence-corrected chi connectivity index (χ4v) is 6.54. The molecule has 4 amide bonds. The van der Waals surface area contributed by atoms with Crippen LogP contribution in [0.2, 0.25) is 0 Å². The van der Waals surface area contributed by atoms with E-state index < -0.39 is 60.3 Å². The summed E-state index contributed by atoms with van der Waals surface area (Å²) in [5.41, 5.74) is -0.862. The SMILES string of the molecule is CCCC(=O)NCC1(OCC(=O)NCCC(=O)NCc2cc(COC(=O)CCC)ccc2O[C@@H]2O[C@H](CO)[C@H](O)[C@H](O)[C@H]2O)CN(C(=O)CCC(C)(C)OCCC(C)(C)OC)C1. The summed E-state index contributed by atoms with van der Waals surface area (Å²) in [6, 6.07) is 4.73. The number of hydrogen-bond donors (Lipinski definition) is 7. The summed E-state index contributed by atoms with van der Waals surface area (Å²) >= 11 is 0. The summed E-state index contributed by atoms with van der Waals surface area (Å²) in [5, 5.41) is 48.8. The van der Waals surface area contributed by atoms with Gasteiger partial charge in [0.2, 0.25) is 29.9 Å². The van der Waals surface area contributed by atoms with Gasteiger partial charge in [0.15, 0.2) is 0 Å². The van der Waals surface area contributed by atoms with E-state index in [2.05, 4.69) is 16.0 Å². The number of esters is 1. The van der Waals surface area contributed by atoms with E-state index in [1.807, 2.05) is 41.5 Å². The first-order valence-corrected chi connectivity index (χ1v) is 21.4. The van der Waals surface area contributed by atoms with Crippen molar-refractivity contribution in [1.29, 1.82) is 0 Å². The molecule has 0 bridgehead atoms. The number of carbonyl (C=O) groups is 5. The van der Waals surface area contributed by atoms with E-state index in [4.69, 9.17) is 28.4 Å². The highest BCUT2D eigenvalue weighted by atomic mass is 16.7. The van der Waals surface area contributed by atoms with Crippen LogP contribution in [-0.4, -0.2) is 156 Å². The molecule has 1 aromatic rings. The molecule has 1 aromatic carbocycles. The molecule has 3 rings (SSSR count). The van der Waals surface area contributed by atoms with Gasteiger partial charge in [0.25, 0.3) is 0 Å². The highest BCUT2D eigenvalue weighted by molar-refractivity contribution is 5.80. The largest absolute Gasteiger partial charge is 0.462 e. The predicted octanol–water partition coefficient (Wildman–Crippen LogP) is 0.736. The molecule has 2 saturated heterocycles. The lowest BCUT2D eigenvalue weighted by atomic mass is 9.92. The third-order valence-corrected chi connectivity index (χ3v) is 10.8. The van der Waals surface area contributed by atoms with Crippen LogP contribution in [0.4, 0.5) is 0 Å². The summed E-state index contributed by atoms with van der Waals surface area (Å²) < 4.78 is 34.2. The number of amides is 4. The molecule has 7 N–H and O–H groups in total. The zero-order valence-electron chi connectivity index (χ0n) is 37.4. The third-order valence-electron chi connectivity index (χ3n) is 10.8. The number of nitrogens with one attached hydrogen (secondary N) is 3. The van der Waals surface area contributed by atoms with Crippen molar-refractivity contribution >= 4 is 29.6 Å². The molecule has 2 aliphatic heterocycles. The van der Waals surface area contributed by atoms with Gasteiger partial charge < -0.3 is 69.7 Å². The molecule has 2 aliphatic rings. The zero-order valence-corrected chi connectivity index (χ0v) is 37.4. The van der Waals surface area contributed by atoms with Crippen LogP contribution in [0.3, 0.4) is 0 Å². The number of benzene rings is 1. The van der Waals surface area contributed by atoms with Crippen molar-refractivity contribution in [3.8, 4) is 5.75 Å². The minimum absolute atomic E-state index is 0.0403. The first-order valence-electron chi connectivity index (χ1n) is 21.4. The average molecular weight is 883 g/mol. The van der Waals surface area contributed by atoms with Gasteiger partial charge in [0, 0.05) is 51.4 Å². The van der Waals surface area contributed by atoms with Gasteiger partial charge in [-0.3, -0.25) is 24.0 Å². The number of nitrogens with zero attached hydrogens (tertiary/aromatic N) is 1. The second kappa shape index (κ2) is 24.8. The van der Waals surface area contributed by atoms with Crippen LogP contribution in [0.1, 0.15) is 104 Å². The van der Waals surface area contributed by atoms with Gasteiger partial charge in [-0.25, -0.2) is 0 Å². The van der Waals surface area contributed by atoms with Gasteiger partial charge in [-0.2, -0.15) is 0 Å². The van der Waals surface area contributed by atoms with Gasteiger partial charge in [-0.05, 0) is 71.1 Å². The Hall–Kier alpha value is -3.95. The van der Waals surface area contributed by atoms with E-state index in [9.17, 15) is 44.4 Å². The summed E-state index contributed by atoms with van der Waals surface area (Å²) in [6.07, 6.45) is -4.47. The topological polar surface area (TPSA) is 261 Å². The summed E-state index contributed by atoms with van der Waals surface area (Å²) in [5.74, 6) is -1.45. The zero-order chi connectivity index (χ0) is 46.1. The van der Waals surface area contributed by atoms with Crippen molar-refractivity contribution < 1.29 is 72.8 Å². The van der Waals surface area contributed by atoms with Gasteiger partial charge in [0.1, 0.15) is 49.0 Å². The van der Waals surface area contributed by atoms with Crippen LogP contribution >= 0.6 is 0 Å². The van der Waals surface area contributed by atoms with Crippen molar-refractivity contribution in [1.82, 2.24) is 20.9 Å². The molecule has 19 nitrogen and oxygen atoms in total. The predicted molar refractivity (Wildman–Crippen MR) is 223 cm³/mol. The van der Waals surface area contributed by atoms with Crippen LogP contribution in [0, 0.1) is 0 Å². The van der Waals surface area contributed by atoms with E-state index in [0.717, 1.165) is 0 Å². The first-order chi connectivity index (χ1) is 29.3. The average Bonchev–Trinajstić information content (AvgIpc) is 3.21. The van der Waals surface area contributed by atoms with Crippen LogP contribution in [0.25, 0.3) is 0 Å². The molecule has 2 fully saturated rings. The molecule has 0 aliphatic carbocycles. The Bertz CT molecular complexity index is 1620. The number of hydrogen-bond acceptors (Lipinski definition) is 15. The minimum atomic E-state index is -1.68. The summed E-state index contributed by atoms with van der Waals surface area (Å²) in [7, 11) is 1.66. The van der Waals surface area contributed by atoms with Gasteiger partial charge in [-0.1, -0.05) is 19.9 Å². The number of aliphatic hydroxyl groups excluding tert-OH is 4. The van der Waals surface area contributed by atoms with Crippen LogP contribution in [-0.2, 0) is 60.8 Å². The summed E-state index contributed by atoms with van der Waals surface area (Å²) in [6.45, 7) is 11.3. The molecular weight excluding hydrogens is 812 g/mol. The van der Waals surface area contributed by atoms with E-state index in [0.29, 0.717) is 49.8 Å². The maximum Gasteiger partial charge on any atom is 0.306 e. The number of carbonyl (C=O) groups excluding carboxylic acids is 5. The maximum atomic E-state index is 13.2. The van der Waals surface area contributed by atoms with Crippen molar-refractivity contribution in [2.75, 3.05) is 53.1 Å². The fourth-order valence-electron chi connectivity index (χ4n) is 6.54. The van der Waals surface area contributed by atoms with Crippen molar-refractivity contribution in [2.45, 2.75) is 154 Å². The minimum Gasteiger partial charge on any atom is -0.462 e. The Morgan fingerprint density at radius 3 is 2.21 bits per heavy atom. The second-order valence-electron chi connectivity index (χ2n) is 17.1. The highest BCUT2D eigenvalue weighted by Crippen LogP contribution is 2.29. The first kappa shape index (κ1) is 52.4. The monoisotopic (exact) mass is 882 g/mol. The van der Waals surface area contributed by atoms with E-state index in [1.54, 1.807) is 24.1 Å². The smallest absolute Gasteiger partial charge is 0.306 e. The van der Waals surface area contributed by atoms with Crippen molar-refractivity contribution in [2.24, 2.45) is 0 Å². The lowest BCUT2D eigenvalue weighted by Crippen LogP contribution is -2.69. The Kier molecular flexibility index (Phi) is 20.9. The number of likely N-dealkylation sites (tertiary alicyclic amines) is 1. The van der Waals surface area contributed by atoms with Gasteiger partial charge >= 0.3 is 5.97 Å². The molecule has 19 heteroatoms. The molecule has 5 atom stereocenters. The normalized spacial score (nSPS) is 21.1. The lowest BCUT2D eigenvalue weighted by Gasteiger charge is -2.49. The second-order valence-corrected chi connectivity index (χ2v) is 17.1. The van der Waals surface area contributed by atoms with E-state index in [-0.39, 0.29) is 94.3 Å². The Labute approximate surface area is 364 Å². The maximum absolute atomic E-state index is 13.2. The quantitative estimate of drug-likeness (QED) is 0.0602. The number of aliphatic hydroxyl groups is 4. The van der Waals surface area contributed by atoms with Crippen LogP contribution in [0.15, 0.2) is 18.2 Å². The van der Waals surface area contributed by atoms with Crippen LogP contribution < -0.4 is 20.7 Å². The van der Waals surface area contributed by atoms with Gasteiger partial charge in [0.05, 0.1) is 44.1 Å². The highest BCUT2D eigenvalue weighted by Gasteiger charge is 2.47. The van der Waals surface area contributed by atoms with Crippen LogP contribution in [0.5, 0.6) is 5.75 Å². The third kappa shape index (κ3) is 17.0. The number of rotatable bonds is 27. The van der Waals surface area contributed by atoms with Gasteiger partial charge in [-0.15, -0.1) is 0 Å². The Balaban J connectivity index is 1.53. The molecule has 0 saturated carbocycles. The molecule has 0 aromatic heterocycles. The standard InChI is InChI=1S/C43H70N4O15/c1-8-10-32(49)46-25-43(26-47(27-43)35(52)14-16-42(5,6)59-19-17-41(3,4)57-7)60-24-34(51)44-18-15-33(50)45-21-29-20-28(23-58-36(53)11-9-2)12-13-30(29)61-40-39(56)38(55)37(54)31(22-48)62-40/h12-13,20,31,37-40,48,54-56H,8-11,14-19,21-27H2,1-7H3,(H,44,51)(H,45,50)(H,46,49)/t31-,37+,38+,39-,40-/m1/s1. The Morgan fingerprint density at radius 2 is 1.55 bits per heavy atom.